The van der Waals surface area contributed by atoms with Gasteiger partial charge in [-0.2, -0.15) is 0 Å². The van der Waals surface area contributed by atoms with E-state index in [0.717, 1.165) is 26.1 Å². The molecule has 0 amide bonds. The standard InChI is InChI=1S/C12H16N2O3/c1-16-12(15)10-3-2-6-13-11(10)14-9-4-7-17-8-5-9/h2-3,6,9H,4-5,7-8H2,1H3,(H,13,14). The van der Waals surface area contributed by atoms with Crippen LogP contribution in [0.25, 0.3) is 0 Å². The average Bonchev–Trinajstić information content (AvgIpc) is 2.40. The van der Waals surface area contributed by atoms with E-state index in [2.05, 4.69) is 10.3 Å². The van der Waals surface area contributed by atoms with Crippen molar-refractivity contribution in [2.45, 2.75) is 18.9 Å². The fourth-order valence-electron chi connectivity index (χ4n) is 1.83. The molecule has 1 aromatic rings. The van der Waals surface area contributed by atoms with Crippen molar-refractivity contribution in [2.75, 3.05) is 25.6 Å². The zero-order chi connectivity index (χ0) is 12.1. The van der Waals surface area contributed by atoms with Crippen molar-refractivity contribution in [2.24, 2.45) is 0 Å². The van der Waals surface area contributed by atoms with Gasteiger partial charge in [0.2, 0.25) is 0 Å². The fourth-order valence-corrected chi connectivity index (χ4v) is 1.83. The van der Waals surface area contributed by atoms with Crippen LogP contribution in [0.2, 0.25) is 0 Å². The Morgan fingerprint density at radius 3 is 3.00 bits per heavy atom. The molecule has 5 nitrogen and oxygen atoms in total. The Labute approximate surface area is 100 Å². The van der Waals surface area contributed by atoms with Crippen molar-refractivity contribution in [1.29, 1.82) is 0 Å². The number of nitrogens with zero attached hydrogens (tertiary/aromatic N) is 1. The van der Waals surface area contributed by atoms with E-state index in [0.29, 0.717) is 17.4 Å². The third-order valence-electron chi connectivity index (χ3n) is 2.78. The van der Waals surface area contributed by atoms with Gasteiger partial charge in [-0.05, 0) is 25.0 Å². The first-order valence-corrected chi connectivity index (χ1v) is 5.69. The smallest absolute Gasteiger partial charge is 0.341 e. The molecule has 17 heavy (non-hydrogen) atoms. The van der Waals surface area contributed by atoms with E-state index >= 15 is 0 Å². The molecule has 1 aromatic heterocycles. The minimum atomic E-state index is -0.368. The van der Waals surface area contributed by atoms with Gasteiger partial charge in [0.05, 0.1) is 7.11 Å². The van der Waals surface area contributed by atoms with E-state index in [-0.39, 0.29) is 5.97 Å². The normalized spacial score (nSPS) is 16.5. The van der Waals surface area contributed by atoms with Gasteiger partial charge in [-0.25, -0.2) is 9.78 Å². The molecule has 1 saturated heterocycles. The van der Waals surface area contributed by atoms with E-state index in [9.17, 15) is 4.79 Å². The van der Waals surface area contributed by atoms with Crippen LogP contribution in [0.4, 0.5) is 5.82 Å². The number of pyridine rings is 1. The maximum Gasteiger partial charge on any atom is 0.341 e. The molecule has 0 aromatic carbocycles. The zero-order valence-electron chi connectivity index (χ0n) is 9.81. The summed E-state index contributed by atoms with van der Waals surface area (Å²) in [6.45, 7) is 1.50. The lowest BCUT2D eigenvalue weighted by molar-refractivity contribution is 0.0601. The second kappa shape index (κ2) is 5.63. The summed E-state index contributed by atoms with van der Waals surface area (Å²) >= 11 is 0. The summed E-state index contributed by atoms with van der Waals surface area (Å²) in [4.78, 5) is 15.7. The Hall–Kier alpha value is -1.62. The van der Waals surface area contributed by atoms with Gasteiger partial charge in [0.15, 0.2) is 0 Å². The van der Waals surface area contributed by atoms with Crippen LogP contribution in [0.3, 0.4) is 0 Å². The molecule has 5 heteroatoms. The molecule has 1 aliphatic heterocycles. The number of rotatable bonds is 3. The molecule has 0 bridgehead atoms. The van der Waals surface area contributed by atoms with Crippen LogP contribution in [0, 0.1) is 0 Å². The molecule has 2 rings (SSSR count). The highest BCUT2D eigenvalue weighted by Gasteiger charge is 2.18. The van der Waals surface area contributed by atoms with Crippen LogP contribution < -0.4 is 5.32 Å². The SMILES string of the molecule is COC(=O)c1cccnc1NC1CCOCC1. The molecule has 0 spiro atoms. The number of ether oxygens (including phenoxy) is 2. The Bertz CT molecular complexity index is 389. The number of nitrogens with one attached hydrogen (secondary N) is 1. The summed E-state index contributed by atoms with van der Waals surface area (Å²) in [6.07, 6.45) is 3.52. The van der Waals surface area contributed by atoms with Crippen LogP contribution in [-0.4, -0.2) is 37.3 Å². The monoisotopic (exact) mass is 236 g/mol. The lowest BCUT2D eigenvalue weighted by Gasteiger charge is -2.24. The Balaban J connectivity index is 2.11. The van der Waals surface area contributed by atoms with Gasteiger partial charge in [0.25, 0.3) is 0 Å². The predicted octanol–water partition coefficient (Wildman–Crippen LogP) is 1.46. The van der Waals surface area contributed by atoms with E-state index in [1.165, 1.54) is 7.11 Å². The molecule has 0 saturated carbocycles. The Morgan fingerprint density at radius 2 is 2.29 bits per heavy atom. The van der Waals surface area contributed by atoms with Crippen molar-refractivity contribution in [3.63, 3.8) is 0 Å². The maximum absolute atomic E-state index is 11.5. The fraction of sp³-hybridized carbons (Fsp3) is 0.500. The lowest BCUT2D eigenvalue weighted by Crippen LogP contribution is -2.29. The average molecular weight is 236 g/mol. The molecular weight excluding hydrogens is 220 g/mol. The summed E-state index contributed by atoms with van der Waals surface area (Å²) in [6, 6.07) is 3.74. The number of anilines is 1. The van der Waals surface area contributed by atoms with Crippen LogP contribution in [0.15, 0.2) is 18.3 Å². The first-order chi connectivity index (χ1) is 8.31. The van der Waals surface area contributed by atoms with Gasteiger partial charge in [-0.1, -0.05) is 0 Å². The van der Waals surface area contributed by atoms with E-state index < -0.39 is 0 Å². The molecular formula is C12H16N2O3. The zero-order valence-corrected chi connectivity index (χ0v) is 9.81. The van der Waals surface area contributed by atoms with Gasteiger partial charge < -0.3 is 14.8 Å². The summed E-state index contributed by atoms with van der Waals surface area (Å²) in [5.74, 6) is 0.221. The quantitative estimate of drug-likeness (QED) is 0.805. The molecule has 1 N–H and O–H groups in total. The number of aromatic nitrogens is 1. The largest absolute Gasteiger partial charge is 0.465 e. The lowest BCUT2D eigenvalue weighted by atomic mass is 10.1. The third-order valence-corrected chi connectivity index (χ3v) is 2.78. The van der Waals surface area contributed by atoms with Crippen LogP contribution in [-0.2, 0) is 9.47 Å². The molecule has 0 atom stereocenters. The van der Waals surface area contributed by atoms with Crippen molar-refractivity contribution in [1.82, 2.24) is 4.98 Å². The number of esters is 1. The summed E-state index contributed by atoms with van der Waals surface area (Å²) in [5.41, 5.74) is 0.474. The highest BCUT2D eigenvalue weighted by molar-refractivity contribution is 5.94. The third kappa shape index (κ3) is 2.94. The Kier molecular flexibility index (Phi) is 3.93. The van der Waals surface area contributed by atoms with E-state index in [1.807, 2.05) is 0 Å². The van der Waals surface area contributed by atoms with Crippen molar-refractivity contribution in [3.05, 3.63) is 23.9 Å². The molecule has 0 aliphatic carbocycles. The van der Waals surface area contributed by atoms with E-state index in [4.69, 9.17) is 9.47 Å². The van der Waals surface area contributed by atoms with E-state index in [1.54, 1.807) is 18.3 Å². The maximum atomic E-state index is 11.5. The Morgan fingerprint density at radius 1 is 1.53 bits per heavy atom. The van der Waals surface area contributed by atoms with Gasteiger partial charge in [-0.15, -0.1) is 0 Å². The minimum Gasteiger partial charge on any atom is -0.465 e. The molecule has 92 valence electrons. The summed E-state index contributed by atoms with van der Waals surface area (Å²) in [7, 11) is 1.37. The first kappa shape index (κ1) is 11.9. The van der Waals surface area contributed by atoms with Gasteiger partial charge in [0, 0.05) is 25.5 Å². The molecule has 2 heterocycles. The van der Waals surface area contributed by atoms with Gasteiger partial charge >= 0.3 is 5.97 Å². The number of hydrogen-bond donors (Lipinski definition) is 1. The minimum absolute atomic E-state index is 0.307. The van der Waals surface area contributed by atoms with Crippen molar-refractivity contribution < 1.29 is 14.3 Å². The molecule has 1 fully saturated rings. The predicted molar refractivity (Wildman–Crippen MR) is 63.0 cm³/mol. The summed E-state index contributed by atoms with van der Waals surface area (Å²) < 4.78 is 10.0. The highest BCUT2D eigenvalue weighted by Crippen LogP contribution is 2.17. The van der Waals surface area contributed by atoms with Crippen LogP contribution in [0.5, 0.6) is 0 Å². The highest BCUT2D eigenvalue weighted by atomic mass is 16.5. The number of carbonyl (C=O) groups excluding carboxylic acids is 1. The second-order valence-corrected chi connectivity index (χ2v) is 3.92. The van der Waals surface area contributed by atoms with Crippen molar-refractivity contribution in [3.8, 4) is 0 Å². The number of carbonyl (C=O) groups is 1. The molecule has 1 aliphatic rings. The van der Waals surface area contributed by atoms with Gasteiger partial charge in [0.1, 0.15) is 11.4 Å². The number of methoxy groups -OCH3 is 1. The molecule has 0 radical (unpaired) electrons. The molecule has 0 unspecified atom stereocenters. The summed E-state index contributed by atoms with van der Waals surface area (Å²) in [5, 5.41) is 3.27. The van der Waals surface area contributed by atoms with Crippen LogP contribution in [0.1, 0.15) is 23.2 Å². The van der Waals surface area contributed by atoms with Crippen molar-refractivity contribution >= 4 is 11.8 Å². The first-order valence-electron chi connectivity index (χ1n) is 5.69. The van der Waals surface area contributed by atoms with Gasteiger partial charge in [-0.3, -0.25) is 0 Å². The number of hydrogen-bond acceptors (Lipinski definition) is 5. The topological polar surface area (TPSA) is 60.5 Å². The second-order valence-electron chi connectivity index (χ2n) is 3.92. The van der Waals surface area contributed by atoms with Crippen LogP contribution >= 0.6 is 0 Å².